The molecule has 0 fully saturated rings. The number of nitrogens with one attached hydrogen (secondary N) is 1. The molecule has 0 spiro atoms. The number of nitrogen functional groups attached to an aromatic ring is 1. The van der Waals surface area contributed by atoms with Crippen LogP contribution in [0.2, 0.25) is 5.02 Å². The van der Waals surface area contributed by atoms with E-state index in [9.17, 15) is 9.59 Å². The summed E-state index contributed by atoms with van der Waals surface area (Å²) >= 11 is 5.70. The lowest BCUT2D eigenvalue weighted by Crippen LogP contribution is -2.40. The molecule has 0 aliphatic rings. The van der Waals surface area contributed by atoms with Gasteiger partial charge in [0.05, 0.1) is 10.9 Å². The van der Waals surface area contributed by atoms with E-state index in [1.54, 1.807) is 12.1 Å². The summed E-state index contributed by atoms with van der Waals surface area (Å²) in [6.45, 7) is 0. The highest BCUT2D eigenvalue weighted by Crippen LogP contribution is 2.12. The molecule has 0 saturated heterocycles. The molecule has 1 heterocycles. The van der Waals surface area contributed by atoms with E-state index in [2.05, 4.69) is 4.98 Å². The van der Waals surface area contributed by atoms with E-state index in [0.29, 0.717) is 20.6 Å². The maximum Gasteiger partial charge on any atom is 0.347 e. The fourth-order valence-electron chi connectivity index (χ4n) is 1.20. The molecule has 1 aromatic carbocycles. The van der Waals surface area contributed by atoms with Crippen LogP contribution in [-0.2, 0) is 0 Å². The van der Waals surface area contributed by atoms with Gasteiger partial charge in [-0.2, -0.15) is 4.68 Å². The third-order valence-electron chi connectivity index (χ3n) is 1.89. The predicted molar refractivity (Wildman–Crippen MR) is 54.0 cm³/mol. The van der Waals surface area contributed by atoms with Crippen molar-refractivity contribution in [1.82, 2.24) is 9.66 Å². The smallest absolute Gasteiger partial charge is 0.332 e. The van der Waals surface area contributed by atoms with E-state index in [1.165, 1.54) is 6.07 Å². The van der Waals surface area contributed by atoms with Crippen molar-refractivity contribution in [3.05, 3.63) is 44.1 Å². The van der Waals surface area contributed by atoms with Crippen molar-refractivity contribution in [2.75, 3.05) is 5.84 Å². The van der Waals surface area contributed by atoms with Gasteiger partial charge in [-0.15, -0.1) is 0 Å². The Bertz CT molecular complexity index is 614. The van der Waals surface area contributed by atoms with E-state index in [1.807, 2.05) is 0 Å². The summed E-state index contributed by atoms with van der Waals surface area (Å²) in [5, 5.41) is 0.709. The highest BCUT2D eigenvalue weighted by molar-refractivity contribution is 6.31. The first kappa shape index (κ1) is 8.83. The Balaban J connectivity index is 3.07. The van der Waals surface area contributed by atoms with Gasteiger partial charge in [0.15, 0.2) is 0 Å². The van der Waals surface area contributed by atoms with Gasteiger partial charge in [-0.05, 0) is 18.2 Å². The number of benzene rings is 1. The minimum absolute atomic E-state index is 0.291. The SMILES string of the molecule is Nn1c(=O)[nH]c2ccc(Cl)cc2c1=O. The van der Waals surface area contributed by atoms with Crippen molar-refractivity contribution in [2.45, 2.75) is 0 Å². The second-order valence-electron chi connectivity index (χ2n) is 2.80. The summed E-state index contributed by atoms with van der Waals surface area (Å²) in [6, 6.07) is 4.60. The van der Waals surface area contributed by atoms with Crippen LogP contribution in [0, 0.1) is 0 Å². The van der Waals surface area contributed by atoms with Gasteiger partial charge < -0.3 is 10.8 Å². The first-order chi connectivity index (χ1) is 6.59. The first-order valence-electron chi connectivity index (χ1n) is 3.79. The second-order valence-corrected chi connectivity index (χ2v) is 3.23. The molecule has 0 aliphatic carbocycles. The topological polar surface area (TPSA) is 80.9 Å². The second kappa shape index (κ2) is 2.88. The lowest BCUT2D eigenvalue weighted by molar-refractivity contribution is 0.856. The fraction of sp³-hybridized carbons (Fsp3) is 0. The van der Waals surface area contributed by atoms with Gasteiger partial charge in [0.1, 0.15) is 0 Å². The third-order valence-corrected chi connectivity index (χ3v) is 2.13. The van der Waals surface area contributed by atoms with Crippen LogP contribution in [0.25, 0.3) is 10.9 Å². The fourth-order valence-corrected chi connectivity index (χ4v) is 1.37. The average molecular weight is 212 g/mol. The van der Waals surface area contributed by atoms with E-state index in [-0.39, 0.29) is 0 Å². The molecule has 0 aliphatic heterocycles. The number of halogens is 1. The van der Waals surface area contributed by atoms with E-state index in [0.717, 1.165) is 0 Å². The molecule has 0 atom stereocenters. The van der Waals surface area contributed by atoms with Crippen LogP contribution in [-0.4, -0.2) is 9.66 Å². The molecule has 3 N–H and O–H groups in total. The first-order valence-corrected chi connectivity index (χ1v) is 4.17. The number of rotatable bonds is 0. The van der Waals surface area contributed by atoms with Crippen molar-refractivity contribution < 1.29 is 0 Å². The predicted octanol–water partition coefficient (Wildman–Crippen LogP) is 0.0570. The molecular formula is C8H6ClN3O2. The summed E-state index contributed by atoms with van der Waals surface area (Å²) in [4.78, 5) is 25.0. The maximum absolute atomic E-state index is 11.5. The summed E-state index contributed by atoms with van der Waals surface area (Å²) < 4.78 is 0.513. The molecule has 0 radical (unpaired) electrons. The van der Waals surface area contributed by atoms with Gasteiger partial charge in [-0.25, -0.2) is 4.79 Å². The number of aromatic amines is 1. The van der Waals surface area contributed by atoms with Crippen molar-refractivity contribution in [2.24, 2.45) is 0 Å². The molecule has 14 heavy (non-hydrogen) atoms. The van der Waals surface area contributed by atoms with Gasteiger partial charge in [0.2, 0.25) is 0 Å². The summed E-state index contributed by atoms with van der Waals surface area (Å²) in [5.41, 5.74) is -0.790. The molecule has 6 heteroatoms. The van der Waals surface area contributed by atoms with Crippen molar-refractivity contribution in [3.63, 3.8) is 0 Å². The van der Waals surface area contributed by atoms with E-state index < -0.39 is 11.2 Å². The molecule has 0 saturated carbocycles. The van der Waals surface area contributed by atoms with Crippen LogP contribution in [0.5, 0.6) is 0 Å². The van der Waals surface area contributed by atoms with Crippen LogP contribution in [0.4, 0.5) is 0 Å². The number of hydrogen-bond donors (Lipinski definition) is 2. The number of hydrogen-bond acceptors (Lipinski definition) is 3. The molecule has 1 aromatic heterocycles. The highest BCUT2D eigenvalue weighted by atomic mass is 35.5. The number of nitrogens with zero attached hydrogens (tertiary/aromatic N) is 1. The van der Waals surface area contributed by atoms with Gasteiger partial charge in [-0.3, -0.25) is 4.79 Å². The van der Waals surface area contributed by atoms with Gasteiger partial charge >= 0.3 is 5.69 Å². The molecule has 72 valence electrons. The minimum Gasteiger partial charge on any atom is -0.332 e. The van der Waals surface area contributed by atoms with E-state index in [4.69, 9.17) is 17.4 Å². The Morgan fingerprint density at radius 3 is 2.79 bits per heavy atom. The molecule has 0 bridgehead atoms. The van der Waals surface area contributed by atoms with Crippen LogP contribution in [0.15, 0.2) is 27.8 Å². The number of aromatic nitrogens is 2. The minimum atomic E-state index is -0.648. The summed E-state index contributed by atoms with van der Waals surface area (Å²) in [6.07, 6.45) is 0. The van der Waals surface area contributed by atoms with Crippen LogP contribution in [0.3, 0.4) is 0 Å². The lowest BCUT2D eigenvalue weighted by atomic mass is 10.2. The third kappa shape index (κ3) is 1.18. The molecule has 2 aromatic rings. The average Bonchev–Trinajstić information content (AvgIpc) is 2.16. The van der Waals surface area contributed by atoms with Crippen molar-refractivity contribution >= 4 is 22.5 Å². The Hall–Kier alpha value is -1.75. The van der Waals surface area contributed by atoms with Crippen LogP contribution in [0.1, 0.15) is 0 Å². The zero-order valence-corrected chi connectivity index (χ0v) is 7.71. The van der Waals surface area contributed by atoms with Gasteiger partial charge in [0.25, 0.3) is 5.56 Å². The Labute approximate surface area is 82.7 Å². The summed E-state index contributed by atoms with van der Waals surface area (Å²) in [7, 11) is 0. The van der Waals surface area contributed by atoms with Gasteiger partial charge in [-0.1, -0.05) is 11.6 Å². The Morgan fingerprint density at radius 1 is 1.36 bits per heavy atom. The maximum atomic E-state index is 11.5. The largest absolute Gasteiger partial charge is 0.347 e. The molecule has 0 amide bonds. The normalized spacial score (nSPS) is 10.6. The molecule has 0 unspecified atom stereocenters. The zero-order valence-electron chi connectivity index (χ0n) is 6.95. The zero-order chi connectivity index (χ0) is 10.3. The Morgan fingerprint density at radius 2 is 2.07 bits per heavy atom. The standard InChI is InChI=1S/C8H6ClN3O2/c9-4-1-2-6-5(3-4)7(13)12(10)8(14)11-6/h1-3H,10H2,(H,11,14). The van der Waals surface area contributed by atoms with Crippen molar-refractivity contribution in [3.8, 4) is 0 Å². The van der Waals surface area contributed by atoms with Crippen molar-refractivity contribution in [1.29, 1.82) is 0 Å². The van der Waals surface area contributed by atoms with E-state index >= 15 is 0 Å². The monoisotopic (exact) mass is 211 g/mol. The molecule has 2 rings (SSSR count). The molecular weight excluding hydrogens is 206 g/mol. The number of fused-ring (bicyclic) bond motifs is 1. The number of H-pyrrole nitrogens is 1. The van der Waals surface area contributed by atoms with Crippen LogP contribution >= 0.6 is 11.6 Å². The Kier molecular flexibility index (Phi) is 1.82. The molecule has 5 nitrogen and oxygen atoms in total. The highest BCUT2D eigenvalue weighted by Gasteiger charge is 2.04. The van der Waals surface area contributed by atoms with Crippen LogP contribution < -0.4 is 17.1 Å². The van der Waals surface area contributed by atoms with Gasteiger partial charge in [0, 0.05) is 5.02 Å². The lowest BCUT2D eigenvalue weighted by Gasteiger charge is -2.00. The quantitative estimate of drug-likeness (QED) is 0.605. The number of nitrogens with two attached hydrogens (primary N) is 1. The summed E-state index contributed by atoms with van der Waals surface area (Å²) in [5.74, 6) is 5.22.